The average molecular weight is 317 g/mol. The smallest absolute Gasteiger partial charge is 0.291 e. The summed E-state index contributed by atoms with van der Waals surface area (Å²) in [6, 6.07) is 0. The molecule has 3 aromatic rings. The number of aromatic nitrogens is 4. The van der Waals surface area contributed by atoms with E-state index in [4.69, 9.17) is 0 Å². The molecule has 0 unspecified atom stereocenters. The monoisotopic (exact) mass is 317 g/mol. The quantitative estimate of drug-likeness (QED) is 0.750. The third-order valence-corrected chi connectivity index (χ3v) is 5.00. The largest absolute Gasteiger partial charge is 0.392 e. The van der Waals surface area contributed by atoms with Crippen molar-refractivity contribution in [1.82, 2.24) is 24.9 Å². The fraction of sp³-hybridized carbons (Fsp3) is 0.429. The number of thiophene rings is 1. The lowest BCUT2D eigenvalue weighted by Crippen LogP contribution is -2.31. The summed E-state index contributed by atoms with van der Waals surface area (Å²) in [6.45, 7) is 1.79. The van der Waals surface area contributed by atoms with Gasteiger partial charge in [0.2, 0.25) is 5.82 Å². The van der Waals surface area contributed by atoms with Crippen molar-refractivity contribution in [3.63, 3.8) is 0 Å². The van der Waals surface area contributed by atoms with E-state index >= 15 is 0 Å². The summed E-state index contributed by atoms with van der Waals surface area (Å²) in [7, 11) is 0. The molecule has 0 aromatic carbocycles. The first kappa shape index (κ1) is 13.6. The summed E-state index contributed by atoms with van der Waals surface area (Å²) in [5.41, 5.74) is 1.99. The Morgan fingerprint density at radius 2 is 2.41 bits per heavy atom. The minimum atomic E-state index is -0.602. The van der Waals surface area contributed by atoms with Crippen LogP contribution in [0.1, 0.15) is 34.4 Å². The molecule has 8 heteroatoms. The molecule has 0 aliphatic heterocycles. The number of nitrogens with zero attached hydrogens (tertiary/aromatic N) is 4. The molecule has 0 bridgehead atoms. The zero-order chi connectivity index (χ0) is 15.3. The van der Waals surface area contributed by atoms with Gasteiger partial charge >= 0.3 is 0 Å². The number of aryl methyl sites for hydroxylation is 2. The van der Waals surface area contributed by atoms with E-state index < -0.39 is 6.10 Å². The molecule has 1 atom stereocenters. The van der Waals surface area contributed by atoms with E-state index in [0.717, 1.165) is 29.5 Å². The Hall–Kier alpha value is -2.06. The van der Waals surface area contributed by atoms with Crippen LogP contribution < -0.4 is 5.32 Å². The Kier molecular flexibility index (Phi) is 3.08. The Morgan fingerprint density at radius 3 is 3.23 bits per heavy atom. The molecule has 1 amide bonds. The number of carbonyl (C=O) groups excluding carboxylic acids is 1. The van der Waals surface area contributed by atoms with Gasteiger partial charge in [0.1, 0.15) is 11.2 Å². The van der Waals surface area contributed by atoms with Crippen molar-refractivity contribution in [2.45, 2.75) is 32.3 Å². The number of rotatable bonds is 3. The molecule has 22 heavy (non-hydrogen) atoms. The summed E-state index contributed by atoms with van der Waals surface area (Å²) in [4.78, 5) is 23.2. The summed E-state index contributed by atoms with van der Waals surface area (Å²) < 4.78 is 1.56. The molecular formula is C14H15N5O2S. The summed E-state index contributed by atoms with van der Waals surface area (Å²) in [6.07, 6.45) is 4.29. The van der Waals surface area contributed by atoms with Gasteiger partial charge in [0.25, 0.3) is 5.91 Å². The standard InChI is InChI=1S/C14H15N5O2S/c1-7(20)5-15-13(21)11-17-12-10-8-3-2-4-9(8)22-14(10)16-6-19(12)18-11/h6-7,20H,2-5H2,1H3,(H,15,21)/t7-/m1/s1. The molecule has 0 fully saturated rings. The second-order valence-corrected chi connectivity index (χ2v) is 6.63. The van der Waals surface area contributed by atoms with E-state index in [1.54, 1.807) is 29.1 Å². The normalized spacial score (nSPS) is 15.4. The maximum Gasteiger partial charge on any atom is 0.291 e. The number of carbonyl (C=O) groups is 1. The van der Waals surface area contributed by atoms with Crippen molar-refractivity contribution < 1.29 is 9.90 Å². The summed E-state index contributed by atoms with van der Waals surface area (Å²) in [5.74, 6) is -0.280. The molecule has 7 nitrogen and oxygen atoms in total. The summed E-state index contributed by atoms with van der Waals surface area (Å²) in [5, 5.41) is 17.1. The summed E-state index contributed by atoms with van der Waals surface area (Å²) >= 11 is 1.71. The minimum absolute atomic E-state index is 0.105. The first-order valence-electron chi connectivity index (χ1n) is 7.25. The minimum Gasteiger partial charge on any atom is -0.392 e. The van der Waals surface area contributed by atoms with Crippen LogP contribution in [0.25, 0.3) is 15.9 Å². The Balaban J connectivity index is 1.80. The van der Waals surface area contributed by atoms with Crippen molar-refractivity contribution in [3.8, 4) is 0 Å². The predicted octanol–water partition coefficient (Wildman–Crippen LogP) is 0.938. The van der Waals surface area contributed by atoms with E-state index in [2.05, 4.69) is 20.4 Å². The lowest BCUT2D eigenvalue weighted by atomic mass is 10.2. The van der Waals surface area contributed by atoms with Crippen LogP contribution in [0.4, 0.5) is 0 Å². The number of hydrogen-bond acceptors (Lipinski definition) is 6. The van der Waals surface area contributed by atoms with Crippen LogP contribution in [-0.4, -0.2) is 43.2 Å². The molecule has 0 radical (unpaired) electrons. The second kappa shape index (κ2) is 4.99. The molecule has 1 aliphatic carbocycles. The number of aliphatic hydroxyl groups is 1. The van der Waals surface area contributed by atoms with Crippen molar-refractivity contribution in [3.05, 3.63) is 22.6 Å². The van der Waals surface area contributed by atoms with E-state index in [-0.39, 0.29) is 18.3 Å². The molecule has 1 aliphatic rings. The molecule has 0 saturated heterocycles. The van der Waals surface area contributed by atoms with E-state index in [1.807, 2.05) is 0 Å². The topological polar surface area (TPSA) is 92.4 Å². The van der Waals surface area contributed by atoms with E-state index in [9.17, 15) is 9.90 Å². The lowest BCUT2D eigenvalue weighted by Gasteiger charge is -2.03. The maximum atomic E-state index is 12.0. The first-order valence-corrected chi connectivity index (χ1v) is 8.07. The van der Waals surface area contributed by atoms with Crippen LogP contribution in [-0.2, 0) is 12.8 Å². The molecular weight excluding hydrogens is 302 g/mol. The highest BCUT2D eigenvalue weighted by molar-refractivity contribution is 7.19. The van der Waals surface area contributed by atoms with Crippen LogP contribution in [0.5, 0.6) is 0 Å². The highest BCUT2D eigenvalue weighted by Gasteiger charge is 2.23. The Bertz CT molecular complexity index is 882. The first-order chi connectivity index (χ1) is 10.6. The highest BCUT2D eigenvalue weighted by atomic mass is 32.1. The lowest BCUT2D eigenvalue weighted by molar-refractivity contribution is 0.0914. The number of fused-ring (bicyclic) bond motifs is 5. The van der Waals surface area contributed by atoms with Crippen LogP contribution >= 0.6 is 11.3 Å². The van der Waals surface area contributed by atoms with Crippen molar-refractivity contribution >= 4 is 33.1 Å². The van der Waals surface area contributed by atoms with E-state index in [1.165, 1.54) is 10.4 Å². The van der Waals surface area contributed by atoms with Crippen molar-refractivity contribution in [1.29, 1.82) is 0 Å². The molecule has 4 rings (SSSR count). The van der Waals surface area contributed by atoms with Gasteiger partial charge in [-0.1, -0.05) is 0 Å². The van der Waals surface area contributed by atoms with Crippen LogP contribution in [0, 0.1) is 0 Å². The molecule has 2 N–H and O–H groups in total. The third-order valence-electron chi connectivity index (χ3n) is 3.80. The van der Waals surface area contributed by atoms with Crippen molar-refractivity contribution in [2.24, 2.45) is 0 Å². The molecule has 3 aromatic heterocycles. The van der Waals surface area contributed by atoms with Gasteiger partial charge in [-0.05, 0) is 31.7 Å². The van der Waals surface area contributed by atoms with Crippen LogP contribution in [0.3, 0.4) is 0 Å². The van der Waals surface area contributed by atoms with Gasteiger partial charge in [-0.2, -0.15) is 0 Å². The number of aliphatic hydroxyl groups excluding tert-OH is 1. The molecule has 114 valence electrons. The van der Waals surface area contributed by atoms with Gasteiger partial charge in [-0.25, -0.2) is 14.5 Å². The van der Waals surface area contributed by atoms with Crippen molar-refractivity contribution in [2.75, 3.05) is 6.54 Å². The third kappa shape index (κ3) is 2.06. The van der Waals surface area contributed by atoms with Gasteiger partial charge in [-0.15, -0.1) is 16.4 Å². The number of amides is 1. The predicted molar refractivity (Wildman–Crippen MR) is 82.2 cm³/mol. The van der Waals surface area contributed by atoms with Crippen LogP contribution in [0.15, 0.2) is 6.33 Å². The zero-order valence-corrected chi connectivity index (χ0v) is 12.9. The molecule has 3 heterocycles. The molecule has 0 saturated carbocycles. The van der Waals surface area contributed by atoms with Gasteiger partial charge in [0, 0.05) is 11.4 Å². The number of hydrogen-bond donors (Lipinski definition) is 2. The zero-order valence-electron chi connectivity index (χ0n) is 12.0. The average Bonchev–Trinajstić information content (AvgIpc) is 3.16. The second-order valence-electron chi connectivity index (χ2n) is 5.54. The van der Waals surface area contributed by atoms with Crippen LogP contribution in [0.2, 0.25) is 0 Å². The van der Waals surface area contributed by atoms with Gasteiger partial charge < -0.3 is 10.4 Å². The van der Waals surface area contributed by atoms with Gasteiger partial charge in [-0.3, -0.25) is 4.79 Å². The maximum absolute atomic E-state index is 12.0. The number of nitrogens with one attached hydrogen (secondary N) is 1. The molecule has 0 spiro atoms. The fourth-order valence-electron chi connectivity index (χ4n) is 2.81. The van der Waals surface area contributed by atoms with Gasteiger partial charge in [0.15, 0.2) is 5.65 Å². The van der Waals surface area contributed by atoms with Gasteiger partial charge in [0.05, 0.1) is 11.5 Å². The fourth-order valence-corrected chi connectivity index (χ4v) is 4.03. The highest BCUT2D eigenvalue weighted by Crippen LogP contribution is 2.37. The van der Waals surface area contributed by atoms with E-state index in [0.29, 0.717) is 5.65 Å². The Morgan fingerprint density at radius 1 is 1.55 bits per heavy atom. The SMILES string of the molecule is C[C@@H](O)CNC(=O)c1nc2c3c4c(sc3ncn2n1)CCC4. The Labute approximate surface area is 130 Å².